The lowest BCUT2D eigenvalue weighted by molar-refractivity contribution is 0.367. The molecule has 0 aliphatic heterocycles. The van der Waals surface area contributed by atoms with Crippen molar-refractivity contribution in [2.45, 2.75) is 32.1 Å². The van der Waals surface area contributed by atoms with Crippen molar-refractivity contribution in [1.29, 1.82) is 5.26 Å². The van der Waals surface area contributed by atoms with Gasteiger partial charge in [0.15, 0.2) is 0 Å². The van der Waals surface area contributed by atoms with Crippen molar-refractivity contribution in [1.82, 2.24) is 4.37 Å². The smallest absolute Gasteiger partial charge is 0.236 e. The fourth-order valence-corrected chi connectivity index (χ4v) is 3.79. The number of benzene rings is 1. The molecule has 7 heteroatoms. The number of nitrogens with two attached hydrogens (primary N) is 1. The van der Waals surface area contributed by atoms with Crippen LogP contribution in [0.4, 0.5) is 10.7 Å². The van der Waals surface area contributed by atoms with Crippen LogP contribution in [0.25, 0.3) is 0 Å². The second-order valence-electron chi connectivity index (χ2n) is 6.26. The molecule has 1 aromatic heterocycles. The molecule has 2 aromatic rings. The molecule has 0 saturated heterocycles. The summed E-state index contributed by atoms with van der Waals surface area (Å²) >= 11 is 1.12. The zero-order valence-electron chi connectivity index (χ0n) is 13.9. The molecule has 130 valence electrons. The Hall–Kier alpha value is -2.59. The first kappa shape index (κ1) is 17.2. The number of aliphatic imine (C=N–C) groups is 1. The van der Waals surface area contributed by atoms with E-state index in [-0.39, 0.29) is 5.88 Å². The Kier molecular flexibility index (Phi) is 5.51. The molecule has 0 bridgehead atoms. The van der Waals surface area contributed by atoms with Crippen molar-refractivity contribution in [3.63, 3.8) is 0 Å². The SMILES string of the molecule is N#Cc1cccc(Nc2snc(O)c2C(N)=NCC2CCCCC2)c1. The Morgan fingerprint density at radius 1 is 1.40 bits per heavy atom. The Bertz CT molecular complexity index is 802. The fraction of sp³-hybridized carbons (Fsp3) is 0.389. The zero-order valence-corrected chi connectivity index (χ0v) is 14.7. The molecule has 1 aliphatic carbocycles. The number of aromatic nitrogens is 1. The Balaban J connectivity index is 1.77. The molecule has 1 saturated carbocycles. The summed E-state index contributed by atoms with van der Waals surface area (Å²) in [6.45, 7) is 0.685. The van der Waals surface area contributed by atoms with Crippen molar-refractivity contribution in [2.75, 3.05) is 11.9 Å². The van der Waals surface area contributed by atoms with E-state index in [1.54, 1.807) is 18.2 Å². The number of hydrogen-bond acceptors (Lipinski definition) is 6. The minimum absolute atomic E-state index is 0.117. The number of rotatable bonds is 5. The minimum atomic E-state index is -0.117. The predicted octanol–water partition coefficient (Wildman–Crippen LogP) is 3.75. The summed E-state index contributed by atoms with van der Waals surface area (Å²) in [5, 5.41) is 22.9. The number of hydrogen-bond donors (Lipinski definition) is 3. The van der Waals surface area contributed by atoms with E-state index >= 15 is 0 Å². The molecule has 0 radical (unpaired) electrons. The van der Waals surface area contributed by atoms with Gasteiger partial charge in [0, 0.05) is 12.2 Å². The highest BCUT2D eigenvalue weighted by molar-refractivity contribution is 7.11. The average Bonchev–Trinajstić information content (AvgIpc) is 3.01. The highest BCUT2D eigenvalue weighted by Gasteiger charge is 2.18. The van der Waals surface area contributed by atoms with Gasteiger partial charge in [0.25, 0.3) is 0 Å². The molecule has 0 unspecified atom stereocenters. The molecule has 25 heavy (non-hydrogen) atoms. The normalized spacial score (nSPS) is 15.7. The molecule has 0 amide bonds. The second kappa shape index (κ2) is 7.99. The summed E-state index contributed by atoms with van der Waals surface area (Å²) in [4.78, 5) is 4.50. The van der Waals surface area contributed by atoms with Crippen LogP contribution in [0.3, 0.4) is 0 Å². The first-order valence-corrected chi connectivity index (χ1v) is 9.21. The van der Waals surface area contributed by atoms with Gasteiger partial charge in [-0.15, -0.1) is 0 Å². The van der Waals surface area contributed by atoms with Gasteiger partial charge >= 0.3 is 0 Å². The standard InChI is InChI=1S/C18H21N5OS/c19-10-13-7-4-8-14(9-13)22-18-15(17(24)23-25-18)16(20)21-11-12-5-2-1-3-6-12/h4,7-9,12,22H,1-3,5-6,11H2,(H2,20,21)(H,23,24). The highest BCUT2D eigenvalue weighted by Crippen LogP contribution is 2.32. The van der Waals surface area contributed by atoms with Gasteiger partial charge < -0.3 is 16.2 Å². The minimum Gasteiger partial charge on any atom is -0.492 e. The van der Waals surface area contributed by atoms with Gasteiger partial charge in [-0.25, -0.2) is 0 Å². The van der Waals surface area contributed by atoms with Gasteiger partial charge in [0.2, 0.25) is 5.88 Å². The maximum Gasteiger partial charge on any atom is 0.236 e. The average molecular weight is 355 g/mol. The van der Waals surface area contributed by atoms with Crippen LogP contribution in [-0.2, 0) is 0 Å². The number of anilines is 2. The lowest BCUT2D eigenvalue weighted by atomic mass is 9.89. The van der Waals surface area contributed by atoms with E-state index < -0.39 is 0 Å². The first-order valence-electron chi connectivity index (χ1n) is 8.43. The number of nitrogens with zero attached hydrogens (tertiary/aromatic N) is 3. The molecule has 0 spiro atoms. The second-order valence-corrected chi connectivity index (χ2v) is 7.03. The largest absolute Gasteiger partial charge is 0.492 e. The van der Waals surface area contributed by atoms with Gasteiger partial charge in [-0.1, -0.05) is 25.3 Å². The monoisotopic (exact) mass is 355 g/mol. The summed E-state index contributed by atoms with van der Waals surface area (Å²) in [6, 6.07) is 9.20. The third-order valence-electron chi connectivity index (χ3n) is 4.42. The Labute approximate surface area is 151 Å². The first-order chi connectivity index (χ1) is 12.2. The van der Waals surface area contributed by atoms with Crippen LogP contribution >= 0.6 is 11.5 Å². The van der Waals surface area contributed by atoms with Crippen molar-refractivity contribution in [3.05, 3.63) is 35.4 Å². The van der Waals surface area contributed by atoms with E-state index in [4.69, 9.17) is 11.0 Å². The number of nitriles is 1. The fourth-order valence-electron chi connectivity index (χ4n) is 3.07. The summed E-state index contributed by atoms with van der Waals surface area (Å²) in [5.74, 6) is 0.759. The molecule has 6 nitrogen and oxygen atoms in total. The van der Waals surface area contributed by atoms with Gasteiger partial charge in [0.05, 0.1) is 11.6 Å². The predicted molar refractivity (Wildman–Crippen MR) is 100 cm³/mol. The van der Waals surface area contributed by atoms with Gasteiger partial charge in [-0.3, -0.25) is 4.99 Å². The van der Waals surface area contributed by atoms with Crippen molar-refractivity contribution >= 4 is 28.1 Å². The van der Waals surface area contributed by atoms with Crippen molar-refractivity contribution in [3.8, 4) is 11.9 Å². The lowest BCUT2D eigenvalue weighted by Crippen LogP contribution is -2.18. The molecule has 1 aliphatic rings. The van der Waals surface area contributed by atoms with E-state index in [9.17, 15) is 5.11 Å². The van der Waals surface area contributed by atoms with Gasteiger partial charge in [-0.05, 0) is 48.5 Å². The van der Waals surface area contributed by atoms with Crippen LogP contribution in [0.5, 0.6) is 5.88 Å². The van der Waals surface area contributed by atoms with Crippen LogP contribution < -0.4 is 11.1 Å². The molecular weight excluding hydrogens is 334 g/mol. The zero-order chi connectivity index (χ0) is 17.6. The van der Waals surface area contributed by atoms with Crippen LogP contribution in [0.2, 0.25) is 0 Å². The van der Waals surface area contributed by atoms with E-state index in [0.717, 1.165) is 17.2 Å². The van der Waals surface area contributed by atoms with Crippen LogP contribution in [0, 0.1) is 17.2 Å². The summed E-state index contributed by atoms with van der Waals surface area (Å²) in [6.07, 6.45) is 6.20. The van der Waals surface area contributed by atoms with Crippen molar-refractivity contribution < 1.29 is 5.11 Å². The van der Waals surface area contributed by atoms with Crippen LogP contribution in [0.15, 0.2) is 29.3 Å². The van der Waals surface area contributed by atoms with E-state index in [2.05, 4.69) is 20.8 Å². The van der Waals surface area contributed by atoms with Gasteiger partial charge in [0.1, 0.15) is 16.4 Å². The molecule has 1 fully saturated rings. The summed E-state index contributed by atoms with van der Waals surface area (Å²) < 4.78 is 3.98. The molecule has 4 N–H and O–H groups in total. The Morgan fingerprint density at radius 2 is 2.20 bits per heavy atom. The maximum atomic E-state index is 10.1. The van der Waals surface area contributed by atoms with Gasteiger partial charge in [-0.2, -0.15) is 9.64 Å². The number of amidine groups is 1. The molecule has 1 heterocycles. The summed E-state index contributed by atoms with van der Waals surface area (Å²) in [5.41, 5.74) is 7.86. The van der Waals surface area contributed by atoms with E-state index in [1.807, 2.05) is 6.07 Å². The maximum absolute atomic E-state index is 10.1. The molecule has 0 atom stereocenters. The molecule has 3 rings (SSSR count). The third kappa shape index (κ3) is 4.28. The quantitative estimate of drug-likeness (QED) is 0.559. The molecule has 1 aromatic carbocycles. The topological polar surface area (TPSA) is 107 Å². The van der Waals surface area contributed by atoms with Crippen molar-refractivity contribution in [2.24, 2.45) is 16.6 Å². The number of nitrogens with one attached hydrogen (secondary N) is 1. The van der Waals surface area contributed by atoms with E-state index in [0.29, 0.717) is 34.4 Å². The van der Waals surface area contributed by atoms with E-state index in [1.165, 1.54) is 32.1 Å². The molecular formula is C18H21N5OS. The van der Waals surface area contributed by atoms with Crippen LogP contribution in [-0.4, -0.2) is 21.9 Å². The Morgan fingerprint density at radius 3 is 2.96 bits per heavy atom. The summed E-state index contributed by atoms with van der Waals surface area (Å²) in [7, 11) is 0. The number of aromatic hydroxyl groups is 1. The van der Waals surface area contributed by atoms with Crippen LogP contribution in [0.1, 0.15) is 43.2 Å². The third-order valence-corrected chi connectivity index (χ3v) is 5.18. The highest BCUT2D eigenvalue weighted by atomic mass is 32.1. The lowest BCUT2D eigenvalue weighted by Gasteiger charge is -2.19.